The van der Waals surface area contributed by atoms with Crippen molar-refractivity contribution in [1.82, 2.24) is 0 Å². The maximum absolute atomic E-state index is 8.85. The summed E-state index contributed by atoms with van der Waals surface area (Å²) in [4.78, 5) is 2.19. The molecule has 0 bridgehead atoms. The summed E-state index contributed by atoms with van der Waals surface area (Å²) in [6.45, 7) is 4.18. The standard InChI is InChI=1S/C12H13BrN2O/c1-9-6-10(2-3-12(9)13)15-4-5-16-11(7-14)8-15/h2-3,6,11H,4-5,8H2,1H3. The molecule has 0 spiro atoms. The summed E-state index contributed by atoms with van der Waals surface area (Å²) in [7, 11) is 0. The first kappa shape index (κ1) is 11.4. The number of aryl methyl sites for hydroxylation is 1. The van der Waals surface area contributed by atoms with Crippen LogP contribution in [0.2, 0.25) is 0 Å². The molecule has 1 aromatic carbocycles. The Balaban J connectivity index is 2.17. The summed E-state index contributed by atoms with van der Waals surface area (Å²) in [5, 5.41) is 8.85. The third-order valence-corrected chi connectivity index (χ3v) is 3.61. The molecule has 1 aromatic rings. The fourth-order valence-corrected chi connectivity index (χ4v) is 2.03. The molecule has 1 atom stereocenters. The Morgan fingerprint density at radius 3 is 3.06 bits per heavy atom. The molecule has 1 saturated heterocycles. The molecule has 0 aromatic heterocycles. The van der Waals surface area contributed by atoms with Crippen molar-refractivity contribution in [2.24, 2.45) is 0 Å². The van der Waals surface area contributed by atoms with Gasteiger partial charge in [0.05, 0.1) is 19.2 Å². The molecule has 1 unspecified atom stereocenters. The van der Waals surface area contributed by atoms with Crippen molar-refractivity contribution in [3.8, 4) is 6.07 Å². The van der Waals surface area contributed by atoms with E-state index in [9.17, 15) is 0 Å². The zero-order valence-electron chi connectivity index (χ0n) is 9.11. The molecule has 3 nitrogen and oxygen atoms in total. The first-order valence-electron chi connectivity index (χ1n) is 5.23. The largest absolute Gasteiger partial charge is 0.366 e. The predicted molar refractivity (Wildman–Crippen MR) is 66.4 cm³/mol. The summed E-state index contributed by atoms with van der Waals surface area (Å²) >= 11 is 3.48. The smallest absolute Gasteiger partial charge is 0.161 e. The quantitative estimate of drug-likeness (QED) is 0.793. The number of rotatable bonds is 1. The van der Waals surface area contributed by atoms with Crippen molar-refractivity contribution in [3.63, 3.8) is 0 Å². The topological polar surface area (TPSA) is 36.3 Å². The van der Waals surface area contributed by atoms with Crippen LogP contribution in [0.1, 0.15) is 5.56 Å². The van der Waals surface area contributed by atoms with E-state index in [1.54, 1.807) is 0 Å². The van der Waals surface area contributed by atoms with Gasteiger partial charge >= 0.3 is 0 Å². The molecule has 0 amide bonds. The zero-order valence-corrected chi connectivity index (χ0v) is 10.7. The molecule has 1 fully saturated rings. The molecule has 0 aliphatic carbocycles. The molecule has 2 rings (SSSR count). The first-order chi connectivity index (χ1) is 7.70. The highest BCUT2D eigenvalue weighted by Crippen LogP contribution is 2.24. The lowest BCUT2D eigenvalue weighted by molar-refractivity contribution is 0.0764. The molecule has 0 N–H and O–H groups in total. The zero-order chi connectivity index (χ0) is 11.5. The minimum atomic E-state index is -0.308. The number of nitrogens with zero attached hydrogens (tertiary/aromatic N) is 2. The number of morpholine rings is 1. The van der Waals surface area contributed by atoms with E-state index in [1.165, 1.54) is 5.56 Å². The van der Waals surface area contributed by atoms with Crippen molar-refractivity contribution in [3.05, 3.63) is 28.2 Å². The molecule has 0 radical (unpaired) electrons. The predicted octanol–water partition coefficient (Wildman–Crippen LogP) is 2.49. The number of ether oxygens (including phenoxy) is 1. The second-order valence-corrected chi connectivity index (χ2v) is 4.72. The van der Waals surface area contributed by atoms with Gasteiger partial charge in [0.15, 0.2) is 6.10 Å². The second kappa shape index (κ2) is 4.86. The average Bonchev–Trinajstić information content (AvgIpc) is 2.33. The average molecular weight is 281 g/mol. The molecular weight excluding hydrogens is 268 g/mol. The lowest BCUT2D eigenvalue weighted by Gasteiger charge is -2.31. The molecule has 16 heavy (non-hydrogen) atoms. The van der Waals surface area contributed by atoms with Crippen LogP contribution in [0.15, 0.2) is 22.7 Å². The van der Waals surface area contributed by atoms with Crippen molar-refractivity contribution in [2.75, 3.05) is 24.6 Å². The highest BCUT2D eigenvalue weighted by molar-refractivity contribution is 9.10. The van der Waals surface area contributed by atoms with E-state index < -0.39 is 0 Å². The monoisotopic (exact) mass is 280 g/mol. The van der Waals surface area contributed by atoms with Crippen LogP contribution >= 0.6 is 15.9 Å². The Labute approximate surface area is 104 Å². The summed E-state index contributed by atoms with van der Waals surface area (Å²) < 4.78 is 6.43. The van der Waals surface area contributed by atoms with E-state index in [4.69, 9.17) is 10.00 Å². The highest BCUT2D eigenvalue weighted by Gasteiger charge is 2.20. The van der Waals surface area contributed by atoms with E-state index in [0.717, 1.165) is 16.7 Å². The normalized spacial score (nSPS) is 20.6. The Hall–Kier alpha value is -1.05. The fraction of sp³-hybridized carbons (Fsp3) is 0.417. The van der Waals surface area contributed by atoms with Crippen molar-refractivity contribution in [1.29, 1.82) is 5.26 Å². The van der Waals surface area contributed by atoms with Gasteiger partial charge in [0, 0.05) is 16.7 Å². The summed E-state index contributed by atoms with van der Waals surface area (Å²) in [5.74, 6) is 0. The SMILES string of the molecule is Cc1cc(N2CCOC(C#N)C2)ccc1Br. The number of hydrogen-bond donors (Lipinski definition) is 0. The van der Waals surface area contributed by atoms with E-state index in [2.05, 4.69) is 46.0 Å². The van der Waals surface area contributed by atoms with Crippen LogP contribution in [-0.2, 0) is 4.74 Å². The van der Waals surface area contributed by atoms with Crippen LogP contribution in [0.3, 0.4) is 0 Å². The number of nitriles is 1. The molecule has 1 aliphatic heterocycles. The Bertz CT molecular complexity index is 428. The van der Waals surface area contributed by atoms with E-state index in [0.29, 0.717) is 13.2 Å². The molecule has 4 heteroatoms. The molecule has 84 valence electrons. The minimum Gasteiger partial charge on any atom is -0.366 e. The number of halogens is 1. The fourth-order valence-electron chi connectivity index (χ4n) is 1.79. The maximum atomic E-state index is 8.85. The van der Waals surface area contributed by atoms with Gasteiger partial charge in [-0.1, -0.05) is 15.9 Å². The van der Waals surface area contributed by atoms with Crippen LogP contribution in [-0.4, -0.2) is 25.8 Å². The number of hydrogen-bond acceptors (Lipinski definition) is 3. The Kier molecular flexibility index (Phi) is 3.47. The van der Waals surface area contributed by atoms with Gasteiger partial charge in [0.2, 0.25) is 0 Å². The summed E-state index contributed by atoms with van der Waals surface area (Å²) in [6.07, 6.45) is -0.308. The molecule has 1 aliphatic rings. The molecule has 0 saturated carbocycles. The van der Waals surface area contributed by atoms with Crippen LogP contribution in [0.25, 0.3) is 0 Å². The van der Waals surface area contributed by atoms with E-state index in [1.807, 2.05) is 6.07 Å². The maximum Gasteiger partial charge on any atom is 0.161 e. The van der Waals surface area contributed by atoms with Crippen LogP contribution in [0.5, 0.6) is 0 Å². The van der Waals surface area contributed by atoms with Crippen molar-refractivity contribution < 1.29 is 4.74 Å². The second-order valence-electron chi connectivity index (χ2n) is 3.87. The minimum absolute atomic E-state index is 0.308. The van der Waals surface area contributed by atoms with Crippen molar-refractivity contribution >= 4 is 21.6 Å². The van der Waals surface area contributed by atoms with E-state index >= 15 is 0 Å². The van der Waals surface area contributed by atoms with Crippen molar-refractivity contribution in [2.45, 2.75) is 13.0 Å². The number of anilines is 1. The third kappa shape index (κ3) is 2.37. The van der Waals surface area contributed by atoms with Crippen LogP contribution in [0, 0.1) is 18.3 Å². The van der Waals surface area contributed by atoms with Gasteiger partial charge in [-0.15, -0.1) is 0 Å². The van der Waals surface area contributed by atoms with Gasteiger partial charge in [-0.05, 0) is 30.7 Å². The Morgan fingerprint density at radius 2 is 2.38 bits per heavy atom. The number of benzene rings is 1. The van der Waals surface area contributed by atoms with Crippen LogP contribution in [0.4, 0.5) is 5.69 Å². The lowest BCUT2D eigenvalue weighted by atomic mass is 10.2. The van der Waals surface area contributed by atoms with Gasteiger partial charge in [-0.25, -0.2) is 0 Å². The Morgan fingerprint density at radius 1 is 1.56 bits per heavy atom. The van der Waals surface area contributed by atoms with E-state index in [-0.39, 0.29) is 6.10 Å². The van der Waals surface area contributed by atoms with Gasteiger partial charge in [-0.2, -0.15) is 5.26 Å². The van der Waals surface area contributed by atoms with Gasteiger partial charge < -0.3 is 9.64 Å². The van der Waals surface area contributed by atoms with Gasteiger partial charge in [0.1, 0.15) is 0 Å². The lowest BCUT2D eigenvalue weighted by Crippen LogP contribution is -2.41. The first-order valence-corrected chi connectivity index (χ1v) is 6.02. The molecular formula is C12H13BrN2O. The van der Waals surface area contributed by atoms with Crippen LogP contribution < -0.4 is 4.90 Å². The van der Waals surface area contributed by atoms with Gasteiger partial charge in [-0.3, -0.25) is 0 Å². The molecule has 1 heterocycles. The highest BCUT2D eigenvalue weighted by atomic mass is 79.9. The van der Waals surface area contributed by atoms with Gasteiger partial charge in [0.25, 0.3) is 0 Å². The third-order valence-electron chi connectivity index (χ3n) is 2.72. The summed E-state index contributed by atoms with van der Waals surface area (Å²) in [5.41, 5.74) is 2.36. The summed E-state index contributed by atoms with van der Waals surface area (Å²) in [6, 6.07) is 8.39.